The highest BCUT2D eigenvalue weighted by molar-refractivity contribution is 7.89. The number of fused-ring (bicyclic) bond motifs is 2. The second kappa shape index (κ2) is 7.46. The van der Waals surface area contributed by atoms with Crippen molar-refractivity contribution in [2.45, 2.75) is 11.3 Å². The molecular weight excluding hydrogens is 402 g/mol. The molecule has 8 heteroatoms. The number of sulfonamides is 1. The molecule has 0 unspecified atom stereocenters. The number of nitrogens with zero attached hydrogens (tertiary/aromatic N) is 3. The number of anilines is 1. The Hall–Kier alpha value is -2.81. The summed E-state index contributed by atoms with van der Waals surface area (Å²) in [6.07, 6.45) is 0.752. The molecule has 0 spiro atoms. The van der Waals surface area contributed by atoms with Crippen LogP contribution in [0, 0.1) is 0 Å². The van der Waals surface area contributed by atoms with Crippen LogP contribution in [0.4, 0.5) is 5.82 Å². The van der Waals surface area contributed by atoms with E-state index in [1.165, 1.54) is 16.4 Å². The standard InChI is InChI=1S/C22H21N3O4S/c26-22(25-10-9-18-15-17-3-1-2-4-20(17)23-21(18)25)16-5-7-19(8-6-16)30(27,28)24-11-13-29-14-12-24/h1-8,15H,9-14H2. The number of para-hydroxylation sites is 1. The fourth-order valence-electron chi connectivity index (χ4n) is 3.96. The Balaban J connectivity index is 1.41. The molecule has 2 aliphatic rings. The Morgan fingerprint density at radius 2 is 1.70 bits per heavy atom. The van der Waals surface area contributed by atoms with Gasteiger partial charge in [0.25, 0.3) is 5.91 Å². The van der Waals surface area contributed by atoms with Crippen LogP contribution in [0.1, 0.15) is 15.9 Å². The van der Waals surface area contributed by atoms with Gasteiger partial charge in [-0.1, -0.05) is 18.2 Å². The molecule has 0 N–H and O–H groups in total. The van der Waals surface area contributed by atoms with Crippen molar-refractivity contribution in [2.24, 2.45) is 0 Å². The lowest BCUT2D eigenvalue weighted by atomic mass is 10.1. The third-order valence-corrected chi connectivity index (χ3v) is 7.51. The molecule has 0 radical (unpaired) electrons. The lowest BCUT2D eigenvalue weighted by molar-refractivity contribution is 0.0730. The minimum atomic E-state index is -3.58. The molecule has 1 saturated heterocycles. The van der Waals surface area contributed by atoms with Crippen LogP contribution in [0.2, 0.25) is 0 Å². The summed E-state index contributed by atoms with van der Waals surface area (Å²) in [4.78, 5) is 19.7. The monoisotopic (exact) mass is 423 g/mol. The van der Waals surface area contributed by atoms with Gasteiger partial charge in [0.15, 0.2) is 0 Å². The van der Waals surface area contributed by atoms with Gasteiger partial charge in [0.1, 0.15) is 5.82 Å². The van der Waals surface area contributed by atoms with Crippen molar-refractivity contribution in [1.29, 1.82) is 0 Å². The van der Waals surface area contributed by atoms with Gasteiger partial charge in [-0.25, -0.2) is 13.4 Å². The quantitative estimate of drug-likeness (QED) is 0.647. The third kappa shape index (κ3) is 3.27. The number of aromatic nitrogens is 1. The maximum atomic E-state index is 13.1. The maximum Gasteiger partial charge on any atom is 0.259 e. The SMILES string of the molecule is O=C(c1ccc(S(=O)(=O)N2CCOCC2)cc1)N1CCc2cc3ccccc3nc21. The van der Waals surface area contributed by atoms with Crippen LogP contribution in [-0.4, -0.2) is 56.5 Å². The van der Waals surface area contributed by atoms with Gasteiger partial charge in [-0.15, -0.1) is 0 Å². The molecule has 7 nitrogen and oxygen atoms in total. The molecule has 2 aliphatic heterocycles. The number of pyridine rings is 1. The van der Waals surface area contributed by atoms with E-state index in [0.717, 1.165) is 22.9 Å². The highest BCUT2D eigenvalue weighted by Crippen LogP contribution is 2.30. The predicted molar refractivity (Wildman–Crippen MR) is 113 cm³/mol. The summed E-state index contributed by atoms with van der Waals surface area (Å²) < 4.78 is 32.2. The van der Waals surface area contributed by atoms with Crippen molar-refractivity contribution < 1.29 is 17.9 Å². The van der Waals surface area contributed by atoms with Crippen molar-refractivity contribution >= 4 is 32.7 Å². The highest BCUT2D eigenvalue weighted by atomic mass is 32.2. The van der Waals surface area contributed by atoms with E-state index in [1.807, 2.05) is 24.3 Å². The Morgan fingerprint density at radius 1 is 0.967 bits per heavy atom. The van der Waals surface area contributed by atoms with Gasteiger partial charge in [0.2, 0.25) is 10.0 Å². The summed E-state index contributed by atoms with van der Waals surface area (Å²) in [6, 6.07) is 16.1. The Labute approximate surface area is 174 Å². The van der Waals surface area contributed by atoms with Gasteiger partial charge in [-0.3, -0.25) is 9.69 Å². The van der Waals surface area contributed by atoms with Gasteiger partial charge in [-0.2, -0.15) is 4.31 Å². The highest BCUT2D eigenvalue weighted by Gasteiger charge is 2.29. The second-order valence-corrected chi connectivity index (χ2v) is 9.35. The number of morpholine rings is 1. The summed E-state index contributed by atoms with van der Waals surface area (Å²) in [7, 11) is -3.58. The van der Waals surface area contributed by atoms with Gasteiger partial charge in [0, 0.05) is 30.6 Å². The molecular formula is C22H21N3O4S. The van der Waals surface area contributed by atoms with E-state index in [9.17, 15) is 13.2 Å². The van der Waals surface area contributed by atoms with Crippen LogP contribution in [0.5, 0.6) is 0 Å². The molecule has 30 heavy (non-hydrogen) atoms. The molecule has 2 aromatic carbocycles. The minimum Gasteiger partial charge on any atom is -0.379 e. The van der Waals surface area contributed by atoms with Gasteiger partial charge in [0.05, 0.1) is 23.6 Å². The van der Waals surface area contributed by atoms with E-state index in [1.54, 1.807) is 17.0 Å². The number of carbonyl (C=O) groups is 1. The normalized spacial score (nSPS) is 17.3. The molecule has 1 amide bonds. The third-order valence-electron chi connectivity index (χ3n) is 5.59. The van der Waals surface area contributed by atoms with Crippen LogP contribution in [0.15, 0.2) is 59.5 Å². The van der Waals surface area contributed by atoms with Gasteiger partial charge < -0.3 is 4.74 Å². The average molecular weight is 423 g/mol. The molecule has 1 aromatic heterocycles. The summed E-state index contributed by atoms with van der Waals surface area (Å²) in [5, 5.41) is 1.06. The molecule has 1 fully saturated rings. The Morgan fingerprint density at radius 3 is 2.47 bits per heavy atom. The summed E-state index contributed by atoms with van der Waals surface area (Å²) in [5.41, 5.74) is 2.34. The van der Waals surface area contributed by atoms with Crippen LogP contribution >= 0.6 is 0 Å². The molecule has 0 atom stereocenters. The van der Waals surface area contributed by atoms with Crippen molar-refractivity contribution in [3.8, 4) is 0 Å². The van der Waals surface area contributed by atoms with E-state index in [-0.39, 0.29) is 10.8 Å². The van der Waals surface area contributed by atoms with E-state index in [0.29, 0.717) is 44.2 Å². The number of hydrogen-bond donors (Lipinski definition) is 0. The summed E-state index contributed by atoms with van der Waals surface area (Å²) >= 11 is 0. The molecule has 0 bridgehead atoms. The van der Waals surface area contributed by atoms with Crippen molar-refractivity contribution in [3.63, 3.8) is 0 Å². The first-order chi connectivity index (χ1) is 14.5. The van der Waals surface area contributed by atoms with Gasteiger partial charge in [-0.05, 0) is 48.4 Å². The zero-order chi connectivity index (χ0) is 20.7. The fraction of sp³-hybridized carbons (Fsp3) is 0.273. The molecule has 5 rings (SSSR count). The maximum absolute atomic E-state index is 13.1. The topological polar surface area (TPSA) is 79.8 Å². The van der Waals surface area contributed by atoms with Crippen LogP contribution < -0.4 is 4.90 Å². The van der Waals surface area contributed by atoms with Crippen molar-refractivity contribution in [3.05, 3.63) is 65.7 Å². The van der Waals surface area contributed by atoms with E-state index in [4.69, 9.17) is 9.72 Å². The zero-order valence-electron chi connectivity index (χ0n) is 16.3. The largest absolute Gasteiger partial charge is 0.379 e. The number of benzene rings is 2. The first-order valence-electron chi connectivity index (χ1n) is 9.92. The first-order valence-corrected chi connectivity index (χ1v) is 11.4. The predicted octanol–water partition coefficient (Wildman–Crippen LogP) is 2.46. The van der Waals surface area contributed by atoms with Gasteiger partial charge >= 0.3 is 0 Å². The lowest BCUT2D eigenvalue weighted by Gasteiger charge is -2.26. The van der Waals surface area contributed by atoms with Crippen LogP contribution in [-0.2, 0) is 21.2 Å². The minimum absolute atomic E-state index is 0.174. The Bertz CT molecular complexity index is 1220. The summed E-state index contributed by atoms with van der Waals surface area (Å²) in [6.45, 7) is 2.03. The van der Waals surface area contributed by atoms with Crippen molar-refractivity contribution in [2.75, 3.05) is 37.7 Å². The number of ether oxygens (including phenoxy) is 1. The number of carbonyl (C=O) groups excluding carboxylic acids is 1. The molecule has 0 aliphatic carbocycles. The smallest absolute Gasteiger partial charge is 0.259 e. The molecule has 3 aromatic rings. The molecule has 3 heterocycles. The number of rotatable bonds is 3. The van der Waals surface area contributed by atoms with Crippen LogP contribution in [0.3, 0.4) is 0 Å². The average Bonchev–Trinajstić information content (AvgIpc) is 3.20. The van der Waals surface area contributed by atoms with E-state index < -0.39 is 10.0 Å². The molecule has 0 saturated carbocycles. The van der Waals surface area contributed by atoms with Crippen molar-refractivity contribution in [1.82, 2.24) is 9.29 Å². The number of hydrogen-bond acceptors (Lipinski definition) is 5. The fourth-order valence-corrected chi connectivity index (χ4v) is 5.37. The number of amides is 1. The zero-order valence-corrected chi connectivity index (χ0v) is 17.1. The molecule has 154 valence electrons. The first kappa shape index (κ1) is 19.2. The van der Waals surface area contributed by atoms with E-state index in [2.05, 4.69) is 6.07 Å². The van der Waals surface area contributed by atoms with Crippen LogP contribution in [0.25, 0.3) is 10.9 Å². The summed E-state index contributed by atoms with van der Waals surface area (Å²) in [5.74, 6) is 0.510. The van der Waals surface area contributed by atoms with E-state index >= 15 is 0 Å². The second-order valence-electron chi connectivity index (χ2n) is 7.41. The lowest BCUT2D eigenvalue weighted by Crippen LogP contribution is -2.40. The Kier molecular flexibility index (Phi) is 4.77.